The Labute approximate surface area is 102 Å². The number of sulfonamides is 1. The molecule has 1 aromatic rings. The first kappa shape index (κ1) is 14.0. The third-order valence-electron chi connectivity index (χ3n) is 2.27. The third-order valence-corrected chi connectivity index (χ3v) is 3.68. The molecule has 0 aromatic heterocycles. The average molecular weight is 258 g/mol. The number of rotatable bonds is 7. The van der Waals surface area contributed by atoms with Crippen molar-refractivity contribution in [3.8, 4) is 5.75 Å². The van der Waals surface area contributed by atoms with E-state index >= 15 is 0 Å². The Hall–Kier alpha value is -1.11. The Balaban J connectivity index is 2.49. The molecule has 0 heterocycles. The lowest BCUT2D eigenvalue weighted by molar-refractivity contribution is 0.414. The van der Waals surface area contributed by atoms with Crippen molar-refractivity contribution in [1.29, 1.82) is 0 Å². The first-order valence-corrected chi connectivity index (χ1v) is 7.03. The van der Waals surface area contributed by atoms with Crippen LogP contribution in [0.2, 0.25) is 0 Å². The average Bonchev–Trinajstić information content (AvgIpc) is 2.35. The molecule has 1 rings (SSSR count). The molecule has 0 bridgehead atoms. The van der Waals surface area contributed by atoms with Crippen LogP contribution in [0.5, 0.6) is 5.75 Å². The molecule has 0 spiro atoms. The van der Waals surface area contributed by atoms with Crippen LogP contribution in [0.1, 0.15) is 12.0 Å². The van der Waals surface area contributed by atoms with Gasteiger partial charge in [-0.2, -0.15) is 0 Å². The van der Waals surface area contributed by atoms with Crippen molar-refractivity contribution < 1.29 is 13.2 Å². The highest BCUT2D eigenvalue weighted by atomic mass is 32.2. The molecule has 0 aliphatic carbocycles. The van der Waals surface area contributed by atoms with Gasteiger partial charge in [-0.1, -0.05) is 12.1 Å². The minimum Gasteiger partial charge on any atom is -0.497 e. The van der Waals surface area contributed by atoms with Crippen molar-refractivity contribution in [2.24, 2.45) is 5.73 Å². The molecule has 0 amide bonds. The quantitative estimate of drug-likeness (QED) is 0.744. The van der Waals surface area contributed by atoms with E-state index in [1.165, 1.54) is 0 Å². The van der Waals surface area contributed by atoms with Crippen LogP contribution in [-0.2, 0) is 16.6 Å². The molecule has 0 atom stereocenters. The zero-order chi connectivity index (χ0) is 12.7. The van der Waals surface area contributed by atoms with E-state index in [0.717, 1.165) is 11.3 Å². The predicted molar refractivity (Wildman–Crippen MR) is 67.3 cm³/mol. The van der Waals surface area contributed by atoms with Crippen molar-refractivity contribution in [3.05, 3.63) is 29.8 Å². The normalized spacial score (nSPS) is 11.4. The van der Waals surface area contributed by atoms with Crippen molar-refractivity contribution >= 4 is 10.0 Å². The molecule has 96 valence electrons. The minimum absolute atomic E-state index is 0.0691. The van der Waals surface area contributed by atoms with E-state index in [1.807, 2.05) is 12.1 Å². The van der Waals surface area contributed by atoms with E-state index in [1.54, 1.807) is 19.2 Å². The maximum absolute atomic E-state index is 11.5. The van der Waals surface area contributed by atoms with Gasteiger partial charge in [-0.3, -0.25) is 0 Å². The molecular formula is C11H18N2O3S. The third kappa shape index (κ3) is 5.16. The lowest BCUT2D eigenvalue weighted by atomic mass is 10.2. The number of benzene rings is 1. The molecule has 0 aliphatic heterocycles. The Morgan fingerprint density at radius 2 is 1.94 bits per heavy atom. The molecule has 0 saturated carbocycles. The summed E-state index contributed by atoms with van der Waals surface area (Å²) in [5, 5.41) is 0. The highest BCUT2D eigenvalue weighted by molar-refractivity contribution is 7.89. The number of methoxy groups -OCH3 is 1. The summed E-state index contributed by atoms with van der Waals surface area (Å²) in [6.45, 7) is 0.667. The molecule has 1 aromatic carbocycles. The summed E-state index contributed by atoms with van der Waals surface area (Å²) in [6, 6.07) is 7.24. The van der Waals surface area contributed by atoms with E-state index < -0.39 is 10.0 Å². The SMILES string of the molecule is COc1ccc(CNS(=O)(=O)CCCN)cc1. The standard InChI is InChI=1S/C11H18N2O3S/c1-16-11-5-3-10(4-6-11)9-13-17(14,15)8-2-7-12/h3-6,13H,2,7-9,12H2,1H3. The van der Waals surface area contributed by atoms with E-state index in [0.29, 0.717) is 13.0 Å². The maximum atomic E-state index is 11.5. The first-order valence-electron chi connectivity index (χ1n) is 5.38. The second kappa shape index (κ2) is 6.58. The summed E-state index contributed by atoms with van der Waals surface area (Å²) in [5.74, 6) is 0.819. The van der Waals surface area contributed by atoms with Gasteiger partial charge in [0.1, 0.15) is 5.75 Å². The number of hydrogen-bond donors (Lipinski definition) is 2. The number of ether oxygens (including phenoxy) is 1. The highest BCUT2D eigenvalue weighted by Gasteiger charge is 2.08. The van der Waals surface area contributed by atoms with Crippen LogP contribution in [0.15, 0.2) is 24.3 Å². The molecule has 5 nitrogen and oxygen atoms in total. The summed E-state index contributed by atoms with van der Waals surface area (Å²) in [4.78, 5) is 0. The molecule has 17 heavy (non-hydrogen) atoms. The molecule has 0 fully saturated rings. The van der Waals surface area contributed by atoms with Crippen LogP contribution >= 0.6 is 0 Å². The van der Waals surface area contributed by atoms with Gasteiger partial charge >= 0.3 is 0 Å². The van der Waals surface area contributed by atoms with Gasteiger partial charge in [0, 0.05) is 6.54 Å². The van der Waals surface area contributed by atoms with Crippen LogP contribution in [0.3, 0.4) is 0 Å². The molecule has 0 unspecified atom stereocenters. The molecule has 0 radical (unpaired) electrons. The Morgan fingerprint density at radius 3 is 2.47 bits per heavy atom. The number of nitrogens with one attached hydrogen (secondary N) is 1. The van der Waals surface area contributed by atoms with Gasteiger partial charge in [0.25, 0.3) is 0 Å². The zero-order valence-corrected chi connectivity index (χ0v) is 10.7. The molecule has 3 N–H and O–H groups in total. The highest BCUT2D eigenvalue weighted by Crippen LogP contribution is 2.11. The summed E-state index contributed by atoms with van der Waals surface area (Å²) < 4.78 is 30.5. The van der Waals surface area contributed by atoms with Crippen LogP contribution in [-0.4, -0.2) is 27.8 Å². The van der Waals surface area contributed by atoms with Gasteiger partial charge in [0.15, 0.2) is 0 Å². The van der Waals surface area contributed by atoms with Gasteiger partial charge in [0.05, 0.1) is 12.9 Å². The van der Waals surface area contributed by atoms with Crippen molar-refractivity contribution in [2.45, 2.75) is 13.0 Å². The van der Waals surface area contributed by atoms with Gasteiger partial charge < -0.3 is 10.5 Å². The molecule has 0 saturated heterocycles. The van der Waals surface area contributed by atoms with Crippen LogP contribution in [0.25, 0.3) is 0 Å². The lowest BCUT2D eigenvalue weighted by Gasteiger charge is -2.06. The molecular weight excluding hydrogens is 240 g/mol. The van der Waals surface area contributed by atoms with Crippen molar-refractivity contribution in [2.75, 3.05) is 19.4 Å². The summed E-state index contributed by atoms with van der Waals surface area (Å²) in [6.07, 6.45) is 0.470. The van der Waals surface area contributed by atoms with Gasteiger partial charge in [-0.25, -0.2) is 13.1 Å². The van der Waals surface area contributed by atoms with Crippen molar-refractivity contribution in [1.82, 2.24) is 4.72 Å². The predicted octanol–water partition coefficient (Wildman–Crippen LogP) is 0.463. The van der Waals surface area contributed by atoms with E-state index in [9.17, 15) is 8.42 Å². The second-order valence-electron chi connectivity index (χ2n) is 3.63. The largest absolute Gasteiger partial charge is 0.497 e. The summed E-state index contributed by atoms with van der Waals surface area (Å²) >= 11 is 0. The molecule has 0 aliphatic rings. The minimum atomic E-state index is -3.22. The van der Waals surface area contributed by atoms with E-state index in [4.69, 9.17) is 10.5 Å². The smallest absolute Gasteiger partial charge is 0.211 e. The summed E-state index contributed by atoms with van der Waals surface area (Å²) in [5.41, 5.74) is 6.16. The lowest BCUT2D eigenvalue weighted by Crippen LogP contribution is -2.27. The first-order chi connectivity index (χ1) is 8.07. The Kier molecular flexibility index (Phi) is 5.40. The van der Waals surface area contributed by atoms with Gasteiger partial charge in [0.2, 0.25) is 10.0 Å². The number of hydrogen-bond acceptors (Lipinski definition) is 4. The zero-order valence-electron chi connectivity index (χ0n) is 9.85. The fourth-order valence-corrected chi connectivity index (χ4v) is 2.36. The van der Waals surface area contributed by atoms with Gasteiger partial charge in [-0.05, 0) is 30.7 Å². The Bertz CT molecular complexity index is 429. The molecule has 6 heteroatoms. The fraction of sp³-hybridized carbons (Fsp3) is 0.455. The number of nitrogens with two attached hydrogens (primary N) is 1. The van der Waals surface area contributed by atoms with E-state index in [-0.39, 0.29) is 12.3 Å². The van der Waals surface area contributed by atoms with Gasteiger partial charge in [-0.15, -0.1) is 0 Å². The van der Waals surface area contributed by atoms with Crippen LogP contribution in [0, 0.1) is 0 Å². The second-order valence-corrected chi connectivity index (χ2v) is 5.56. The van der Waals surface area contributed by atoms with Crippen LogP contribution in [0.4, 0.5) is 0 Å². The maximum Gasteiger partial charge on any atom is 0.211 e. The van der Waals surface area contributed by atoms with Crippen LogP contribution < -0.4 is 15.2 Å². The Morgan fingerprint density at radius 1 is 1.29 bits per heavy atom. The monoisotopic (exact) mass is 258 g/mol. The summed E-state index contributed by atoms with van der Waals surface area (Å²) in [7, 11) is -1.63. The van der Waals surface area contributed by atoms with E-state index in [2.05, 4.69) is 4.72 Å². The van der Waals surface area contributed by atoms with Crippen molar-refractivity contribution in [3.63, 3.8) is 0 Å². The topological polar surface area (TPSA) is 81.4 Å². The fourth-order valence-electron chi connectivity index (χ4n) is 1.28.